The number of hydrogen-bond donors (Lipinski definition) is 2. The number of aromatic amines is 1. The van der Waals surface area contributed by atoms with Crippen LogP contribution in [-0.4, -0.2) is 21.8 Å². The Balaban J connectivity index is 2.22. The van der Waals surface area contributed by atoms with Gasteiger partial charge < -0.3 is 10.3 Å². The molecule has 0 aromatic carbocycles. The predicted molar refractivity (Wildman–Crippen MR) is 66.7 cm³/mol. The van der Waals surface area contributed by atoms with Crippen molar-refractivity contribution in [2.45, 2.75) is 37.8 Å². The van der Waals surface area contributed by atoms with Crippen LogP contribution in [-0.2, 0) is 18.7 Å². The first-order valence-corrected chi connectivity index (χ1v) is 6.65. The van der Waals surface area contributed by atoms with Crippen LogP contribution in [0.2, 0.25) is 0 Å². The van der Waals surface area contributed by atoms with Gasteiger partial charge in [-0.2, -0.15) is 11.8 Å². The number of nitrogens with zero attached hydrogens (tertiary/aromatic N) is 1. The van der Waals surface area contributed by atoms with Crippen LogP contribution in [0.25, 0.3) is 0 Å². The SMILES string of the molecule is CC(C)SCc1nc2c(c(=O)[nH]1)CNCC2. The van der Waals surface area contributed by atoms with Crippen molar-refractivity contribution in [1.29, 1.82) is 0 Å². The van der Waals surface area contributed by atoms with Crippen molar-refractivity contribution in [1.82, 2.24) is 15.3 Å². The minimum absolute atomic E-state index is 0.0246. The van der Waals surface area contributed by atoms with Crippen LogP contribution in [0.5, 0.6) is 0 Å². The summed E-state index contributed by atoms with van der Waals surface area (Å²) in [7, 11) is 0. The third-order valence-corrected chi connectivity index (χ3v) is 3.65. The number of aromatic nitrogens is 2. The molecule has 0 unspecified atom stereocenters. The van der Waals surface area contributed by atoms with Crippen LogP contribution in [0, 0.1) is 0 Å². The molecular weight excluding hydrogens is 222 g/mol. The van der Waals surface area contributed by atoms with Gasteiger partial charge in [-0.25, -0.2) is 4.98 Å². The van der Waals surface area contributed by atoms with E-state index in [1.807, 2.05) is 0 Å². The zero-order chi connectivity index (χ0) is 11.5. The molecule has 16 heavy (non-hydrogen) atoms. The van der Waals surface area contributed by atoms with Gasteiger partial charge in [-0.05, 0) is 5.25 Å². The first-order chi connectivity index (χ1) is 7.66. The van der Waals surface area contributed by atoms with Crippen molar-refractivity contribution < 1.29 is 0 Å². The van der Waals surface area contributed by atoms with Crippen LogP contribution in [0.1, 0.15) is 30.9 Å². The second kappa shape index (κ2) is 5.01. The highest BCUT2D eigenvalue weighted by atomic mass is 32.2. The Morgan fingerprint density at radius 3 is 3.06 bits per heavy atom. The van der Waals surface area contributed by atoms with Crippen molar-refractivity contribution >= 4 is 11.8 Å². The molecule has 0 saturated heterocycles. The molecule has 1 aromatic rings. The molecule has 0 radical (unpaired) electrons. The van der Waals surface area contributed by atoms with Crippen LogP contribution >= 0.6 is 11.8 Å². The maximum Gasteiger partial charge on any atom is 0.255 e. The minimum Gasteiger partial charge on any atom is -0.312 e. The average molecular weight is 239 g/mol. The molecule has 88 valence electrons. The van der Waals surface area contributed by atoms with Crippen molar-refractivity contribution in [2.75, 3.05) is 6.54 Å². The highest BCUT2D eigenvalue weighted by Gasteiger charge is 2.14. The zero-order valence-corrected chi connectivity index (χ0v) is 10.5. The van der Waals surface area contributed by atoms with E-state index in [4.69, 9.17) is 0 Å². The number of H-pyrrole nitrogens is 1. The van der Waals surface area contributed by atoms with Crippen LogP contribution in [0.3, 0.4) is 0 Å². The van der Waals surface area contributed by atoms with Crippen molar-refractivity contribution in [3.05, 3.63) is 27.4 Å². The van der Waals surface area contributed by atoms with Crippen LogP contribution in [0.4, 0.5) is 0 Å². The Labute approximate surface area is 99.3 Å². The average Bonchev–Trinajstić information content (AvgIpc) is 2.26. The Hall–Kier alpha value is -0.810. The molecule has 0 aliphatic carbocycles. The highest BCUT2D eigenvalue weighted by molar-refractivity contribution is 7.99. The predicted octanol–water partition coefficient (Wildman–Crippen LogP) is 1.06. The lowest BCUT2D eigenvalue weighted by molar-refractivity contribution is 0.616. The van der Waals surface area contributed by atoms with Gasteiger partial charge in [0.25, 0.3) is 5.56 Å². The highest BCUT2D eigenvalue weighted by Crippen LogP contribution is 2.15. The summed E-state index contributed by atoms with van der Waals surface area (Å²) < 4.78 is 0. The van der Waals surface area contributed by atoms with E-state index in [0.29, 0.717) is 11.8 Å². The molecular formula is C11H17N3OS. The summed E-state index contributed by atoms with van der Waals surface area (Å²) in [6.45, 7) is 5.85. The largest absolute Gasteiger partial charge is 0.312 e. The van der Waals surface area contributed by atoms with E-state index in [2.05, 4.69) is 29.1 Å². The van der Waals surface area contributed by atoms with Gasteiger partial charge in [0.2, 0.25) is 0 Å². The van der Waals surface area contributed by atoms with E-state index in [1.54, 1.807) is 11.8 Å². The third kappa shape index (κ3) is 2.65. The van der Waals surface area contributed by atoms with Gasteiger partial charge in [-0.1, -0.05) is 13.8 Å². The summed E-state index contributed by atoms with van der Waals surface area (Å²) in [5.41, 5.74) is 1.81. The quantitative estimate of drug-likeness (QED) is 0.828. The molecule has 0 amide bonds. The van der Waals surface area contributed by atoms with Gasteiger partial charge in [-0.3, -0.25) is 4.79 Å². The normalized spacial score (nSPS) is 15.2. The monoisotopic (exact) mass is 239 g/mol. The molecule has 0 atom stereocenters. The molecule has 5 heteroatoms. The number of rotatable bonds is 3. The lowest BCUT2D eigenvalue weighted by atomic mass is 10.1. The Bertz CT molecular complexity index is 428. The van der Waals surface area contributed by atoms with Gasteiger partial charge in [0.1, 0.15) is 5.82 Å². The standard InChI is InChI=1S/C11H17N3OS/c1-7(2)16-6-10-13-9-3-4-12-5-8(9)11(15)14-10/h7,12H,3-6H2,1-2H3,(H,13,14,15). The van der Waals surface area contributed by atoms with Crippen molar-refractivity contribution in [2.24, 2.45) is 0 Å². The smallest absolute Gasteiger partial charge is 0.255 e. The molecule has 1 aliphatic rings. The summed E-state index contributed by atoms with van der Waals surface area (Å²) in [4.78, 5) is 19.2. The first-order valence-electron chi connectivity index (χ1n) is 5.60. The Morgan fingerprint density at radius 2 is 2.31 bits per heavy atom. The van der Waals surface area contributed by atoms with Crippen LogP contribution in [0.15, 0.2) is 4.79 Å². The molecule has 2 rings (SSSR count). The number of nitrogens with one attached hydrogen (secondary N) is 2. The van der Waals surface area contributed by atoms with Gasteiger partial charge in [-0.15, -0.1) is 0 Å². The number of fused-ring (bicyclic) bond motifs is 1. The fourth-order valence-electron chi connectivity index (χ4n) is 1.72. The van der Waals surface area contributed by atoms with Gasteiger partial charge in [0, 0.05) is 19.5 Å². The number of thioether (sulfide) groups is 1. The lowest BCUT2D eigenvalue weighted by Crippen LogP contribution is -2.32. The van der Waals surface area contributed by atoms with E-state index in [9.17, 15) is 4.79 Å². The maximum absolute atomic E-state index is 11.8. The molecule has 0 spiro atoms. The van der Waals surface area contributed by atoms with E-state index in [-0.39, 0.29) is 5.56 Å². The van der Waals surface area contributed by atoms with E-state index >= 15 is 0 Å². The third-order valence-electron chi connectivity index (χ3n) is 2.54. The fraction of sp³-hybridized carbons (Fsp3) is 0.636. The van der Waals surface area contributed by atoms with Gasteiger partial charge in [0.05, 0.1) is 17.0 Å². The molecule has 2 N–H and O–H groups in total. The first kappa shape index (κ1) is 11.7. The fourth-order valence-corrected chi connectivity index (χ4v) is 2.35. The molecule has 1 aromatic heterocycles. The van der Waals surface area contributed by atoms with Gasteiger partial charge in [0.15, 0.2) is 0 Å². The molecule has 0 bridgehead atoms. The van der Waals surface area contributed by atoms with Crippen molar-refractivity contribution in [3.63, 3.8) is 0 Å². The minimum atomic E-state index is 0.0246. The van der Waals surface area contributed by atoms with E-state index in [0.717, 1.165) is 35.8 Å². The second-order valence-electron chi connectivity index (χ2n) is 4.22. The van der Waals surface area contributed by atoms with Crippen LogP contribution < -0.4 is 10.9 Å². The Kier molecular flexibility index (Phi) is 3.66. The zero-order valence-electron chi connectivity index (χ0n) is 9.67. The topological polar surface area (TPSA) is 57.8 Å². The van der Waals surface area contributed by atoms with Gasteiger partial charge >= 0.3 is 0 Å². The second-order valence-corrected chi connectivity index (χ2v) is 5.79. The molecule has 2 heterocycles. The van der Waals surface area contributed by atoms with E-state index < -0.39 is 0 Å². The summed E-state index contributed by atoms with van der Waals surface area (Å²) in [6.07, 6.45) is 0.860. The maximum atomic E-state index is 11.8. The molecule has 0 saturated carbocycles. The summed E-state index contributed by atoms with van der Waals surface area (Å²) in [5.74, 6) is 1.59. The Morgan fingerprint density at radius 1 is 1.50 bits per heavy atom. The molecule has 4 nitrogen and oxygen atoms in total. The molecule has 1 aliphatic heterocycles. The van der Waals surface area contributed by atoms with E-state index in [1.165, 1.54) is 0 Å². The summed E-state index contributed by atoms with van der Waals surface area (Å²) in [5, 5.41) is 3.74. The molecule has 0 fully saturated rings. The summed E-state index contributed by atoms with van der Waals surface area (Å²) >= 11 is 1.80. The lowest BCUT2D eigenvalue weighted by Gasteiger charge is -2.16. The summed E-state index contributed by atoms with van der Waals surface area (Å²) in [6, 6.07) is 0. The van der Waals surface area contributed by atoms with Crippen molar-refractivity contribution in [3.8, 4) is 0 Å². The number of hydrogen-bond acceptors (Lipinski definition) is 4.